The van der Waals surface area contributed by atoms with Crippen LogP contribution in [0.25, 0.3) is 0 Å². The summed E-state index contributed by atoms with van der Waals surface area (Å²) in [4.78, 5) is 14.1. The van der Waals surface area contributed by atoms with Crippen LogP contribution in [0.1, 0.15) is 34.6 Å². The molecule has 2 aromatic carbocycles. The number of amides is 1. The summed E-state index contributed by atoms with van der Waals surface area (Å²) in [7, 11) is 1.32. The van der Waals surface area contributed by atoms with E-state index in [1.54, 1.807) is 18.2 Å². The van der Waals surface area contributed by atoms with Crippen LogP contribution in [0, 0.1) is 0 Å². The van der Waals surface area contributed by atoms with Crippen molar-refractivity contribution in [3.8, 4) is 17.2 Å². The minimum absolute atomic E-state index is 0.0121. The fourth-order valence-electron chi connectivity index (χ4n) is 4.19. The van der Waals surface area contributed by atoms with Crippen LogP contribution >= 0.6 is 0 Å². The lowest BCUT2D eigenvalue weighted by atomic mass is 9.96. The van der Waals surface area contributed by atoms with E-state index in [4.69, 9.17) is 9.47 Å². The molecule has 2 aliphatic heterocycles. The van der Waals surface area contributed by atoms with Gasteiger partial charge in [-0.2, -0.15) is 18.3 Å². The number of benzene rings is 2. The quantitative estimate of drug-likeness (QED) is 0.454. The number of aromatic nitrogens is 2. The molecule has 2 aliphatic rings. The minimum atomic E-state index is -4.88. The van der Waals surface area contributed by atoms with Gasteiger partial charge in [0.15, 0.2) is 23.2 Å². The summed E-state index contributed by atoms with van der Waals surface area (Å²) >= 11 is 0. The Hall–Kier alpha value is -4.10. The molecule has 0 spiro atoms. The largest absolute Gasteiger partial charge is 0.573 e. The van der Waals surface area contributed by atoms with Crippen molar-refractivity contribution in [3.63, 3.8) is 0 Å². The summed E-state index contributed by atoms with van der Waals surface area (Å²) in [6, 6.07) is 7.74. The number of rotatable bonds is 4. The number of fused-ring (bicyclic) bond motifs is 2. The number of anilines is 2. The minimum Gasteiger partial charge on any atom is -0.454 e. The van der Waals surface area contributed by atoms with E-state index in [9.17, 15) is 31.1 Å². The van der Waals surface area contributed by atoms with Crippen molar-refractivity contribution in [2.24, 2.45) is 0 Å². The maximum absolute atomic E-state index is 14.0. The van der Waals surface area contributed by atoms with Gasteiger partial charge in [0, 0.05) is 25.2 Å². The molecule has 3 heterocycles. The lowest BCUT2D eigenvalue weighted by Gasteiger charge is -2.33. The zero-order chi connectivity index (χ0) is 26.5. The first-order valence-electron chi connectivity index (χ1n) is 10.9. The third-order valence-corrected chi connectivity index (χ3v) is 5.97. The third kappa shape index (κ3) is 4.95. The molecule has 196 valence electrons. The molecule has 0 aliphatic carbocycles. The fraction of sp³-hybridized carbons (Fsp3) is 0.304. The second-order valence-electron chi connectivity index (χ2n) is 8.37. The van der Waals surface area contributed by atoms with Gasteiger partial charge in [0.1, 0.15) is 11.6 Å². The molecule has 1 N–H and O–H groups in total. The first-order chi connectivity index (χ1) is 17.4. The van der Waals surface area contributed by atoms with Crippen LogP contribution < -0.4 is 24.4 Å². The van der Waals surface area contributed by atoms with Crippen molar-refractivity contribution >= 4 is 17.4 Å². The molecule has 3 aromatic rings. The van der Waals surface area contributed by atoms with E-state index < -0.39 is 36.3 Å². The van der Waals surface area contributed by atoms with Gasteiger partial charge < -0.3 is 24.4 Å². The maximum atomic E-state index is 14.0. The standard InChI is InChI=1S/C23H18F6N4O4/c1-32(13-3-5-14(6-4-13)37-23(27,28)29)21(34)16-10-20-30-15(9-19(22(24,25)26)33(20)31-16)12-2-7-17-18(8-12)36-11-35-17/h2-8,10,15,19,30H,9,11H2,1H3. The number of ether oxygens (including phenoxy) is 3. The molecule has 1 aromatic heterocycles. The van der Waals surface area contributed by atoms with Crippen molar-refractivity contribution in [2.75, 3.05) is 24.1 Å². The van der Waals surface area contributed by atoms with Crippen molar-refractivity contribution in [3.05, 3.63) is 59.8 Å². The Kier molecular flexibility index (Phi) is 5.83. The Labute approximate surface area is 205 Å². The highest BCUT2D eigenvalue weighted by Gasteiger charge is 2.47. The number of nitrogens with one attached hydrogen (secondary N) is 1. The monoisotopic (exact) mass is 528 g/mol. The number of alkyl halides is 6. The van der Waals surface area contributed by atoms with Crippen LogP contribution in [-0.4, -0.2) is 42.1 Å². The Bertz CT molecular complexity index is 1320. The third-order valence-electron chi connectivity index (χ3n) is 5.97. The predicted molar refractivity (Wildman–Crippen MR) is 117 cm³/mol. The Morgan fingerprint density at radius 1 is 1.05 bits per heavy atom. The molecule has 2 unspecified atom stereocenters. The molecule has 5 rings (SSSR count). The maximum Gasteiger partial charge on any atom is 0.573 e. The van der Waals surface area contributed by atoms with Gasteiger partial charge in [0.2, 0.25) is 6.79 Å². The second-order valence-corrected chi connectivity index (χ2v) is 8.37. The van der Waals surface area contributed by atoms with Crippen molar-refractivity contribution < 1.29 is 45.3 Å². The van der Waals surface area contributed by atoms with E-state index in [0.717, 1.165) is 21.7 Å². The van der Waals surface area contributed by atoms with Crippen molar-refractivity contribution in [2.45, 2.75) is 31.0 Å². The number of halogens is 6. The van der Waals surface area contributed by atoms with Gasteiger partial charge in [0.05, 0.1) is 6.04 Å². The number of carbonyl (C=O) groups is 1. The van der Waals surface area contributed by atoms with Crippen LogP contribution in [0.5, 0.6) is 17.2 Å². The number of carbonyl (C=O) groups excluding carboxylic acids is 1. The van der Waals surface area contributed by atoms with Crippen molar-refractivity contribution in [1.29, 1.82) is 0 Å². The SMILES string of the molecule is CN(C(=O)c1cc2n(n1)C(C(F)(F)F)CC(c1ccc3c(c1)OCO3)N2)c1ccc(OC(F)(F)F)cc1. The van der Waals surface area contributed by atoms with E-state index >= 15 is 0 Å². The molecule has 1 amide bonds. The summed E-state index contributed by atoms with van der Waals surface area (Å²) in [5.74, 6) is -0.339. The van der Waals surface area contributed by atoms with Gasteiger partial charge >= 0.3 is 12.5 Å². The molecule has 0 bridgehead atoms. The zero-order valence-corrected chi connectivity index (χ0v) is 18.9. The Morgan fingerprint density at radius 2 is 1.76 bits per heavy atom. The van der Waals surface area contributed by atoms with E-state index in [2.05, 4.69) is 15.2 Å². The molecule has 14 heteroatoms. The lowest BCUT2D eigenvalue weighted by molar-refractivity contribution is -0.274. The van der Waals surface area contributed by atoms with Gasteiger partial charge in [-0.1, -0.05) is 6.07 Å². The molecule has 0 fully saturated rings. The summed E-state index contributed by atoms with van der Waals surface area (Å²) in [5.41, 5.74) is 0.447. The van der Waals surface area contributed by atoms with Gasteiger partial charge in [-0.15, -0.1) is 13.2 Å². The van der Waals surface area contributed by atoms with Crippen LogP contribution in [0.15, 0.2) is 48.5 Å². The van der Waals surface area contributed by atoms with Gasteiger partial charge in [-0.25, -0.2) is 4.68 Å². The highest BCUT2D eigenvalue weighted by Crippen LogP contribution is 2.45. The molecule has 0 saturated carbocycles. The average Bonchev–Trinajstić information content (AvgIpc) is 3.47. The number of hydrogen-bond acceptors (Lipinski definition) is 6. The fourth-order valence-corrected chi connectivity index (χ4v) is 4.19. The van der Waals surface area contributed by atoms with Crippen LogP contribution in [0.3, 0.4) is 0 Å². The second kappa shape index (κ2) is 8.78. The van der Waals surface area contributed by atoms with E-state index in [1.165, 1.54) is 25.2 Å². The molecular weight excluding hydrogens is 510 g/mol. The van der Waals surface area contributed by atoms with Crippen LogP contribution in [-0.2, 0) is 0 Å². The van der Waals surface area contributed by atoms with Crippen molar-refractivity contribution in [1.82, 2.24) is 9.78 Å². The lowest BCUT2D eigenvalue weighted by Crippen LogP contribution is -2.36. The molecule has 8 nitrogen and oxygen atoms in total. The molecular formula is C23H18F6N4O4. The normalized spacial score (nSPS) is 18.7. The number of nitrogens with zero attached hydrogens (tertiary/aromatic N) is 3. The molecule has 37 heavy (non-hydrogen) atoms. The zero-order valence-electron chi connectivity index (χ0n) is 18.9. The first-order valence-corrected chi connectivity index (χ1v) is 10.9. The molecule has 0 saturated heterocycles. The summed E-state index contributed by atoms with van der Waals surface area (Å²) in [6.07, 6.45) is -9.92. The van der Waals surface area contributed by atoms with E-state index in [0.29, 0.717) is 17.1 Å². The molecule has 2 atom stereocenters. The predicted octanol–water partition coefficient (Wildman–Crippen LogP) is 5.45. The van der Waals surface area contributed by atoms with Gasteiger partial charge in [-0.05, 0) is 42.0 Å². The van der Waals surface area contributed by atoms with Crippen LogP contribution in [0.4, 0.5) is 37.8 Å². The van der Waals surface area contributed by atoms with E-state index in [-0.39, 0.29) is 30.4 Å². The highest BCUT2D eigenvalue weighted by atomic mass is 19.4. The van der Waals surface area contributed by atoms with E-state index in [1.807, 2.05) is 0 Å². The number of hydrogen-bond donors (Lipinski definition) is 1. The molecule has 0 radical (unpaired) electrons. The summed E-state index contributed by atoms with van der Waals surface area (Å²) in [6.45, 7) is 0.0197. The summed E-state index contributed by atoms with van der Waals surface area (Å²) in [5, 5.41) is 6.92. The highest BCUT2D eigenvalue weighted by molar-refractivity contribution is 6.04. The first kappa shape index (κ1) is 24.6. The van der Waals surface area contributed by atoms with Gasteiger partial charge in [-0.3, -0.25) is 4.79 Å². The Balaban J connectivity index is 1.40. The smallest absolute Gasteiger partial charge is 0.454 e. The average molecular weight is 528 g/mol. The van der Waals surface area contributed by atoms with Crippen LogP contribution in [0.2, 0.25) is 0 Å². The Morgan fingerprint density at radius 3 is 2.43 bits per heavy atom. The van der Waals surface area contributed by atoms with Gasteiger partial charge in [0.25, 0.3) is 5.91 Å². The topological polar surface area (TPSA) is 77.9 Å². The summed E-state index contributed by atoms with van der Waals surface area (Å²) < 4.78 is 94.2.